The van der Waals surface area contributed by atoms with Crippen molar-refractivity contribution in [2.24, 2.45) is 0 Å². The van der Waals surface area contributed by atoms with Crippen LogP contribution in [-0.4, -0.2) is 37.6 Å². The summed E-state index contributed by atoms with van der Waals surface area (Å²) >= 11 is 6.14. The molecule has 0 aliphatic heterocycles. The standard InChI is InChI=1S/C17H18ClO3P.Li.H/c1-11(2)21-12-7-9-13(10-8-12)22-17(19)16-14(18)5-4-6-15(16)20-3;;/h4-11,22H,1-3H3;;. The van der Waals surface area contributed by atoms with Gasteiger partial charge in [-0.2, -0.15) is 0 Å². The van der Waals surface area contributed by atoms with Crippen molar-refractivity contribution >= 4 is 49.9 Å². The molecule has 0 aliphatic carbocycles. The Bertz CT molecular complexity index is 659. The van der Waals surface area contributed by atoms with E-state index in [1.165, 1.54) is 7.11 Å². The molecule has 0 saturated heterocycles. The van der Waals surface area contributed by atoms with Crippen LogP contribution in [-0.2, 0) is 0 Å². The van der Waals surface area contributed by atoms with E-state index < -0.39 is 0 Å². The van der Waals surface area contributed by atoms with Gasteiger partial charge in [0.2, 0.25) is 0 Å². The number of hydrogen-bond acceptors (Lipinski definition) is 3. The second kappa shape index (κ2) is 9.35. The number of halogens is 1. The van der Waals surface area contributed by atoms with Crippen LogP contribution in [0.5, 0.6) is 11.5 Å². The fourth-order valence-electron chi connectivity index (χ4n) is 1.98. The van der Waals surface area contributed by atoms with Gasteiger partial charge in [0.05, 0.1) is 23.8 Å². The van der Waals surface area contributed by atoms with Crippen LogP contribution in [0.15, 0.2) is 42.5 Å². The van der Waals surface area contributed by atoms with E-state index in [9.17, 15) is 4.79 Å². The molecule has 1 atom stereocenters. The van der Waals surface area contributed by atoms with E-state index in [1.807, 2.05) is 38.1 Å². The van der Waals surface area contributed by atoms with E-state index in [2.05, 4.69) is 0 Å². The molecule has 118 valence electrons. The van der Waals surface area contributed by atoms with Gasteiger partial charge in [0, 0.05) is 0 Å². The van der Waals surface area contributed by atoms with Gasteiger partial charge in [-0.1, -0.05) is 29.8 Å². The minimum absolute atomic E-state index is 0. The zero-order chi connectivity index (χ0) is 16.1. The monoisotopic (exact) mass is 344 g/mol. The first-order chi connectivity index (χ1) is 10.5. The van der Waals surface area contributed by atoms with Crippen LogP contribution in [0.1, 0.15) is 24.2 Å². The molecule has 23 heavy (non-hydrogen) atoms. The number of carbonyl (C=O) groups is 1. The number of carbonyl (C=O) groups excluding carboxylic acids is 1. The minimum atomic E-state index is -0.0417. The number of ether oxygens (including phenoxy) is 2. The van der Waals surface area contributed by atoms with Crippen LogP contribution in [0.2, 0.25) is 5.02 Å². The van der Waals surface area contributed by atoms with Gasteiger partial charge < -0.3 is 9.47 Å². The molecule has 0 aromatic heterocycles. The Morgan fingerprint density at radius 1 is 1.13 bits per heavy atom. The summed E-state index contributed by atoms with van der Waals surface area (Å²) in [6, 6.07) is 12.7. The molecule has 0 amide bonds. The predicted octanol–water partition coefficient (Wildman–Crippen LogP) is 3.63. The molecular weight excluding hydrogens is 326 g/mol. The van der Waals surface area contributed by atoms with Crippen LogP contribution in [0.4, 0.5) is 0 Å². The summed E-state index contributed by atoms with van der Waals surface area (Å²) < 4.78 is 10.8. The Morgan fingerprint density at radius 3 is 2.35 bits per heavy atom. The maximum atomic E-state index is 12.5. The van der Waals surface area contributed by atoms with Crippen LogP contribution < -0.4 is 14.8 Å². The molecule has 0 bridgehead atoms. The molecule has 0 aliphatic rings. The van der Waals surface area contributed by atoms with Gasteiger partial charge in [-0.25, -0.2) is 0 Å². The Morgan fingerprint density at radius 2 is 1.78 bits per heavy atom. The molecule has 2 aromatic carbocycles. The molecule has 2 rings (SSSR count). The van der Waals surface area contributed by atoms with Crippen molar-refractivity contribution in [1.29, 1.82) is 0 Å². The Labute approximate surface area is 155 Å². The summed E-state index contributed by atoms with van der Waals surface area (Å²) in [5, 5.41) is 1.35. The van der Waals surface area contributed by atoms with Crippen molar-refractivity contribution in [2.45, 2.75) is 20.0 Å². The average molecular weight is 345 g/mol. The van der Waals surface area contributed by atoms with Crippen molar-refractivity contribution in [3.8, 4) is 11.5 Å². The normalized spacial score (nSPS) is 10.7. The zero-order valence-corrected chi connectivity index (χ0v) is 14.5. The predicted molar refractivity (Wildman–Crippen MR) is 99.6 cm³/mol. The first kappa shape index (κ1) is 20.1. The third-order valence-electron chi connectivity index (χ3n) is 2.91. The van der Waals surface area contributed by atoms with E-state index in [4.69, 9.17) is 21.1 Å². The maximum absolute atomic E-state index is 12.5. The van der Waals surface area contributed by atoms with Gasteiger partial charge in [-0.15, -0.1) is 0 Å². The topological polar surface area (TPSA) is 35.5 Å². The Kier molecular flexibility index (Phi) is 8.16. The number of methoxy groups -OCH3 is 1. The van der Waals surface area contributed by atoms with E-state index in [0.29, 0.717) is 16.3 Å². The fourth-order valence-corrected chi connectivity index (χ4v) is 3.29. The van der Waals surface area contributed by atoms with E-state index in [-0.39, 0.29) is 39.1 Å². The van der Waals surface area contributed by atoms with E-state index >= 15 is 0 Å². The third kappa shape index (κ3) is 5.55. The summed E-state index contributed by atoms with van der Waals surface area (Å²) in [5.74, 6) is 1.30. The fraction of sp³-hybridized carbons (Fsp3) is 0.235. The van der Waals surface area contributed by atoms with Gasteiger partial charge in [-0.3, -0.25) is 4.79 Å². The molecule has 0 saturated carbocycles. The quantitative estimate of drug-likeness (QED) is 0.593. The van der Waals surface area contributed by atoms with Crippen LogP contribution in [0.25, 0.3) is 0 Å². The van der Waals surface area contributed by atoms with Crippen LogP contribution in [0, 0.1) is 0 Å². The Hall–Kier alpha value is -0.973. The average Bonchev–Trinajstić information content (AvgIpc) is 2.48. The first-order valence-electron chi connectivity index (χ1n) is 6.92. The second-order valence-corrected chi connectivity index (χ2v) is 6.65. The van der Waals surface area contributed by atoms with E-state index in [0.717, 1.165) is 11.1 Å². The molecular formula is C17H19ClLiO3P. The first-order valence-corrected chi connectivity index (χ1v) is 8.29. The van der Waals surface area contributed by atoms with Crippen molar-refractivity contribution in [2.75, 3.05) is 7.11 Å². The van der Waals surface area contributed by atoms with Gasteiger partial charge in [0.15, 0.2) is 5.52 Å². The third-order valence-corrected chi connectivity index (χ3v) is 4.32. The van der Waals surface area contributed by atoms with Crippen molar-refractivity contribution in [3.05, 3.63) is 53.1 Å². The molecule has 0 heterocycles. The van der Waals surface area contributed by atoms with Crippen LogP contribution >= 0.6 is 20.2 Å². The zero-order valence-electron chi connectivity index (χ0n) is 12.7. The van der Waals surface area contributed by atoms with Gasteiger partial charge >= 0.3 is 18.9 Å². The molecule has 0 radical (unpaired) electrons. The molecule has 0 fully saturated rings. The van der Waals surface area contributed by atoms with Gasteiger partial charge in [0.25, 0.3) is 0 Å². The summed E-state index contributed by atoms with van der Waals surface area (Å²) in [4.78, 5) is 12.5. The molecule has 6 heteroatoms. The molecule has 2 aromatic rings. The summed E-state index contributed by atoms with van der Waals surface area (Å²) in [7, 11) is 1.52. The van der Waals surface area contributed by atoms with Crippen molar-refractivity contribution in [3.63, 3.8) is 0 Å². The number of benzene rings is 2. The molecule has 3 nitrogen and oxygen atoms in total. The SMILES string of the molecule is COc1cccc(Cl)c1C(=O)Pc1ccc(OC(C)C)cc1.[LiH]. The number of rotatable bonds is 6. The second-order valence-electron chi connectivity index (χ2n) is 4.96. The van der Waals surface area contributed by atoms with E-state index in [1.54, 1.807) is 18.2 Å². The molecule has 1 unspecified atom stereocenters. The molecule has 0 N–H and O–H groups in total. The van der Waals surface area contributed by atoms with Crippen LogP contribution in [0.3, 0.4) is 0 Å². The van der Waals surface area contributed by atoms with Gasteiger partial charge in [0.1, 0.15) is 11.5 Å². The number of hydrogen-bond donors (Lipinski definition) is 0. The van der Waals surface area contributed by atoms with Crippen molar-refractivity contribution < 1.29 is 14.3 Å². The van der Waals surface area contributed by atoms with Crippen molar-refractivity contribution in [1.82, 2.24) is 0 Å². The Balaban J connectivity index is 0.00000264. The summed E-state index contributed by atoms with van der Waals surface area (Å²) in [5.41, 5.74) is 0.396. The van der Waals surface area contributed by atoms with Gasteiger partial charge in [-0.05, 0) is 52.0 Å². The summed E-state index contributed by atoms with van der Waals surface area (Å²) in [6.45, 7) is 3.95. The summed E-state index contributed by atoms with van der Waals surface area (Å²) in [6.07, 6.45) is 0.127. The molecule has 0 spiro atoms.